The van der Waals surface area contributed by atoms with Crippen LogP contribution in [0.1, 0.15) is 12.8 Å². The van der Waals surface area contributed by atoms with Gasteiger partial charge in [0.25, 0.3) is 0 Å². The van der Waals surface area contributed by atoms with Crippen molar-refractivity contribution in [2.24, 2.45) is 0 Å². The maximum Gasteiger partial charge on any atom is 0.192 e. The molecule has 1 aliphatic heterocycles. The van der Waals surface area contributed by atoms with Gasteiger partial charge in [-0.2, -0.15) is 0 Å². The molecule has 1 heterocycles. The van der Waals surface area contributed by atoms with E-state index in [0.29, 0.717) is 13.2 Å². The number of benzene rings is 2. The zero-order chi connectivity index (χ0) is 17.0. The predicted molar refractivity (Wildman–Crippen MR) is 106 cm³/mol. The second kappa shape index (κ2) is 7.66. The van der Waals surface area contributed by atoms with Crippen LogP contribution in [-0.4, -0.2) is 25.7 Å². The van der Waals surface area contributed by atoms with Gasteiger partial charge in [0.1, 0.15) is 24.0 Å². The summed E-state index contributed by atoms with van der Waals surface area (Å²) >= 11 is 0. The van der Waals surface area contributed by atoms with Crippen LogP contribution in [-0.2, 0) is 9.47 Å². The van der Waals surface area contributed by atoms with Gasteiger partial charge in [-0.3, -0.25) is 0 Å². The Hall–Kier alpha value is -1.73. The fraction of sp³-hybridized carbons (Fsp3) is 0.273. The van der Waals surface area contributed by atoms with Crippen LogP contribution in [0.2, 0.25) is 0 Å². The Morgan fingerprint density at radius 2 is 1.44 bits per heavy atom. The summed E-state index contributed by atoms with van der Waals surface area (Å²) in [4.78, 5) is 0. The zero-order valence-electron chi connectivity index (χ0n) is 14.4. The van der Waals surface area contributed by atoms with E-state index in [-0.39, 0.29) is 6.29 Å². The van der Waals surface area contributed by atoms with Crippen molar-refractivity contribution in [3.63, 3.8) is 0 Å². The average molecular weight is 351 g/mol. The Bertz CT molecular complexity index is 707. The fourth-order valence-corrected chi connectivity index (χ4v) is 8.31. The summed E-state index contributed by atoms with van der Waals surface area (Å²) in [5.41, 5.74) is 0. The second-order valence-electron chi connectivity index (χ2n) is 6.46. The lowest BCUT2D eigenvalue weighted by Gasteiger charge is -2.31. The first-order valence-electron chi connectivity index (χ1n) is 8.98. The third-order valence-electron chi connectivity index (χ3n) is 4.99. The average Bonchev–Trinajstić information content (AvgIpc) is 3.21. The van der Waals surface area contributed by atoms with E-state index in [2.05, 4.69) is 78.9 Å². The molecule has 25 heavy (non-hydrogen) atoms. The van der Waals surface area contributed by atoms with Crippen LogP contribution in [0.25, 0.3) is 0 Å². The summed E-state index contributed by atoms with van der Waals surface area (Å²) in [5.74, 6) is 0. The molecule has 4 rings (SSSR count). The molecule has 2 aromatic carbocycles. The molecule has 0 spiro atoms. The van der Waals surface area contributed by atoms with E-state index in [1.54, 1.807) is 5.31 Å². The van der Waals surface area contributed by atoms with Gasteiger partial charge >= 0.3 is 0 Å². The van der Waals surface area contributed by atoms with Gasteiger partial charge in [0.2, 0.25) is 0 Å². The van der Waals surface area contributed by atoms with Gasteiger partial charge in [-0.1, -0.05) is 48.6 Å². The highest BCUT2D eigenvalue weighted by Crippen LogP contribution is 2.66. The van der Waals surface area contributed by atoms with E-state index in [9.17, 15) is 0 Å². The van der Waals surface area contributed by atoms with E-state index in [1.165, 1.54) is 10.6 Å². The second-order valence-corrected chi connectivity index (χ2v) is 10.1. The first kappa shape index (κ1) is 16.7. The van der Waals surface area contributed by atoms with Gasteiger partial charge in [-0.15, -0.1) is 0 Å². The van der Waals surface area contributed by atoms with Crippen LogP contribution in [0, 0.1) is 0 Å². The van der Waals surface area contributed by atoms with Crippen molar-refractivity contribution < 1.29 is 9.47 Å². The maximum atomic E-state index is 5.90. The zero-order valence-corrected chi connectivity index (χ0v) is 15.3. The largest absolute Gasteiger partial charge is 0.347 e. The molecule has 1 aliphatic carbocycles. The van der Waals surface area contributed by atoms with Crippen LogP contribution < -0.4 is 10.6 Å². The molecule has 0 unspecified atom stereocenters. The van der Waals surface area contributed by atoms with Gasteiger partial charge in [0.15, 0.2) is 6.29 Å². The Balaban J connectivity index is 1.90. The molecule has 0 N–H and O–H groups in total. The van der Waals surface area contributed by atoms with E-state index in [0.717, 1.165) is 19.0 Å². The minimum atomic E-state index is -1.77. The lowest BCUT2D eigenvalue weighted by atomic mass is 10.2. The monoisotopic (exact) mass is 351 g/mol. The molecule has 1 saturated heterocycles. The molecule has 2 aliphatic rings. The fourth-order valence-electron chi connectivity index (χ4n) is 3.82. The molecule has 2 aromatic rings. The Labute approximate surface area is 150 Å². The lowest BCUT2D eigenvalue weighted by Crippen LogP contribution is -2.32. The van der Waals surface area contributed by atoms with Crippen molar-refractivity contribution in [2.45, 2.75) is 19.1 Å². The summed E-state index contributed by atoms with van der Waals surface area (Å²) in [6.07, 6.45) is 9.85. The molecule has 2 nitrogen and oxygen atoms in total. The molecule has 128 valence electrons. The highest BCUT2D eigenvalue weighted by Gasteiger charge is 2.49. The van der Waals surface area contributed by atoms with Crippen LogP contribution in [0.5, 0.6) is 0 Å². The van der Waals surface area contributed by atoms with Crippen molar-refractivity contribution in [1.82, 2.24) is 0 Å². The Morgan fingerprint density at radius 1 is 0.840 bits per heavy atom. The molecular weight excluding hydrogens is 327 g/mol. The Kier molecular flexibility index (Phi) is 5.12. The number of ether oxygens (including phenoxy) is 2. The molecular formula is C22H24O2P+. The third-order valence-corrected chi connectivity index (χ3v) is 9.55. The third kappa shape index (κ3) is 3.35. The van der Waals surface area contributed by atoms with Crippen molar-refractivity contribution in [1.29, 1.82) is 0 Å². The summed E-state index contributed by atoms with van der Waals surface area (Å²) in [7, 11) is -1.77. The first-order valence-corrected chi connectivity index (χ1v) is 11.0. The van der Waals surface area contributed by atoms with Crippen LogP contribution in [0.15, 0.2) is 84.2 Å². The molecule has 3 heteroatoms. The molecule has 0 aromatic heterocycles. The van der Waals surface area contributed by atoms with Crippen molar-refractivity contribution in [2.75, 3.05) is 19.4 Å². The first-order chi connectivity index (χ1) is 12.4. The predicted octanol–water partition coefficient (Wildman–Crippen LogP) is 4.26. The van der Waals surface area contributed by atoms with E-state index >= 15 is 0 Å². The lowest BCUT2D eigenvalue weighted by molar-refractivity contribution is -0.0223. The molecule has 1 fully saturated rings. The maximum absolute atomic E-state index is 5.90. The van der Waals surface area contributed by atoms with E-state index in [1.807, 2.05) is 0 Å². The molecule has 0 bridgehead atoms. The van der Waals surface area contributed by atoms with E-state index < -0.39 is 7.26 Å². The molecule has 0 atom stereocenters. The quantitative estimate of drug-likeness (QED) is 0.750. The number of hydrogen-bond donors (Lipinski definition) is 0. The van der Waals surface area contributed by atoms with Gasteiger partial charge in [0.05, 0.1) is 18.5 Å². The van der Waals surface area contributed by atoms with Crippen molar-refractivity contribution >= 4 is 17.9 Å². The number of allylic oxidation sites excluding steroid dienone is 4. The molecule has 0 radical (unpaired) electrons. The summed E-state index contributed by atoms with van der Waals surface area (Å²) in [6, 6.07) is 22.0. The van der Waals surface area contributed by atoms with Gasteiger partial charge in [-0.25, -0.2) is 0 Å². The standard InChI is InChI=1S/C22H24O2P/c1-4-10-19(11-5-1)25(18-22-23-16-17-24-22,20-12-6-2-7-13-20)21-14-8-3-9-15-21/h1-8,10-14,22H,9,15-18H2/q+1. The topological polar surface area (TPSA) is 18.5 Å². The molecule has 0 saturated carbocycles. The summed E-state index contributed by atoms with van der Waals surface area (Å²) < 4.78 is 11.8. The molecule has 0 amide bonds. The minimum Gasteiger partial charge on any atom is -0.347 e. The minimum absolute atomic E-state index is 0.111. The highest BCUT2D eigenvalue weighted by molar-refractivity contribution is 7.93. The van der Waals surface area contributed by atoms with Crippen molar-refractivity contribution in [3.05, 3.63) is 84.2 Å². The van der Waals surface area contributed by atoms with Crippen LogP contribution in [0.4, 0.5) is 0 Å². The normalized spacial score (nSPS) is 18.3. The highest BCUT2D eigenvalue weighted by atomic mass is 31.2. The summed E-state index contributed by atoms with van der Waals surface area (Å²) in [6.45, 7) is 1.40. The SMILES string of the molecule is C1=CCCC([P+](CC2OCCO2)(c2ccccc2)c2ccccc2)=C1. The van der Waals surface area contributed by atoms with Crippen LogP contribution in [0.3, 0.4) is 0 Å². The van der Waals surface area contributed by atoms with E-state index in [4.69, 9.17) is 9.47 Å². The number of rotatable bonds is 5. The van der Waals surface area contributed by atoms with Crippen LogP contribution >= 0.6 is 7.26 Å². The smallest absolute Gasteiger partial charge is 0.192 e. The number of hydrogen-bond acceptors (Lipinski definition) is 2. The van der Waals surface area contributed by atoms with Gasteiger partial charge in [0, 0.05) is 6.42 Å². The summed E-state index contributed by atoms with van der Waals surface area (Å²) in [5, 5.41) is 4.38. The van der Waals surface area contributed by atoms with Crippen molar-refractivity contribution in [3.8, 4) is 0 Å². The Morgan fingerprint density at radius 3 is 1.96 bits per heavy atom. The van der Waals surface area contributed by atoms with Gasteiger partial charge in [-0.05, 0) is 36.8 Å². The van der Waals surface area contributed by atoms with Gasteiger partial charge < -0.3 is 9.47 Å².